The van der Waals surface area contributed by atoms with Crippen molar-refractivity contribution in [1.82, 2.24) is 9.58 Å². The number of unbranched alkanes of at least 4 members (excludes halogenated alkanes) is 1. The third kappa shape index (κ3) is 3.53. The van der Waals surface area contributed by atoms with Gasteiger partial charge >= 0.3 is 0 Å². The van der Waals surface area contributed by atoms with E-state index in [1.165, 1.54) is 15.6 Å². The maximum atomic E-state index is 12.7. The van der Waals surface area contributed by atoms with E-state index < -0.39 is 5.43 Å². The summed E-state index contributed by atoms with van der Waals surface area (Å²) < 4.78 is 11.8. The van der Waals surface area contributed by atoms with Crippen molar-refractivity contribution < 1.29 is 19.1 Å². The zero-order valence-corrected chi connectivity index (χ0v) is 13.3. The summed E-state index contributed by atoms with van der Waals surface area (Å²) in [5.74, 6) is -0.392. The van der Waals surface area contributed by atoms with Crippen LogP contribution < -0.4 is 15.6 Å². The Morgan fingerprint density at radius 2 is 2.13 bits per heavy atom. The fraction of sp³-hybridized carbons (Fsp3) is 0.533. The lowest BCUT2D eigenvalue weighted by molar-refractivity contribution is 0.0659. The molecule has 2 rings (SSSR count). The molecule has 1 amide bonds. The number of hydrogen-bond donors (Lipinski definition) is 1. The number of hydrogen-bond acceptors (Lipinski definition) is 6. The minimum atomic E-state index is -0.474. The quantitative estimate of drug-likeness (QED) is 0.552. The molecule has 0 aliphatic carbocycles. The summed E-state index contributed by atoms with van der Waals surface area (Å²) in [4.78, 5) is 37.6. The Balaban J connectivity index is 2.43. The molecule has 1 N–H and O–H groups in total. The van der Waals surface area contributed by atoms with Crippen molar-refractivity contribution in [3.8, 4) is 5.75 Å². The molecule has 0 bridgehead atoms. The monoisotopic (exact) mass is 323 g/mol. The molecule has 0 saturated heterocycles. The first-order valence-electron chi connectivity index (χ1n) is 7.54. The fourth-order valence-corrected chi connectivity index (χ4v) is 2.28. The highest BCUT2D eigenvalue weighted by Crippen LogP contribution is 2.20. The molecule has 1 aromatic heterocycles. The van der Waals surface area contributed by atoms with E-state index in [1.54, 1.807) is 7.11 Å². The smallest absolute Gasteiger partial charge is 0.277 e. The Hall–Kier alpha value is -2.35. The van der Waals surface area contributed by atoms with Crippen LogP contribution >= 0.6 is 0 Å². The summed E-state index contributed by atoms with van der Waals surface area (Å²) >= 11 is 0. The predicted octanol–water partition coefficient (Wildman–Crippen LogP) is 0.443. The number of fused-ring (bicyclic) bond motifs is 1. The maximum Gasteiger partial charge on any atom is 0.277 e. The Morgan fingerprint density at radius 1 is 1.35 bits per heavy atom. The lowest BCUT2D eigenvalue weighted by atomic mass is 10.2. The highest BCUT2D eigenvalue weighted by Gasteiger charge is 2.30. The summed E-state index contributed by atoms with van der Waals surface area (Å²) in [6.07, 6.45) is 2.21. The molecule has 0 saturated carbocycles. The Kier molecular flexibility index (Phi) is 5.75. The van der Waals surface area contributed by atoms with Crippen LogP contribution in [0.4, 0.5) is 0 Å². The van der Waals surface area contributed by atoms with Gasteiger partial charge in [-0.2, -0.15) is 0 Å². The van der Waals surface area contributed by atoms with Crippen LogP contribution in [0.25, 0.3) is 0 Å². The van der Waals surface area contributed by atoms with Crippen molar-refractivity contribution in [2.45, 2.75) is 19.8 Å². The van der Waals surface area contributed by atoms with E-state index in [9.17, 15) is 14.4 Å². The van der Waals surface area contributed by atoms with Gasteiger partial charge in [0.2, 0.25) is 5.43 Å². The predicted molar refractivity (Wildman–Crippen MR) is 83.6 cm³/mol. The van der Waals surface area contributed by atoms with Gasteiger partial charge < -0.3 is 19.8 Å². The van der Waals surface area contributed by atoms with E-state index in [-0.39, 0.29) is 29.7 Å². The number of amides is 1. The van der Waals surface area contributed by atoms with E-state index in [0.29, 0.717) is 26.0 Å². The molecular formula is C15H21N3O5. The third-order valence-electron chi connectivity index (χ3n) is 3.54. The zero-order chi connectivity index (χ0) is 16.8. The minimum absolute atomic E-state index is 0.0244. The first-order valence-corrected chi connectivity index (χ1v) is 7.54. The standard InChI is InChI=1S/C15H21N3O5/c1-3-4-6-23-14-12(20)8-11(9-19)18-13(14)15(21)17(10-16-18)5-7-22-2/h8-9,16H,3-7,10H2,1-2H3. The van der Waals surface area contributed by atoms with Crippen molar-refractivity contribution in [2.75, 3.05) is 39.0 Å². The van der Waals surface area contributed by atoms with Gasteiger partial charge in [-0.3, -0.25) is 14.4 Å². The number of ether oxygens (including phenoxy) is 2. The summed E-state index contributed by atoms with van der Waals surface area (Å²) in [5, 5.41) is 0. The van der Waals surface area contributed by atoms with Crippen LogP contribution in [0.3, 0.4) is 0 Å². The van der Waals surface area contributed by atoms with Gasteiger partial charge in [-0.1, -0.05) is 13.3 Å². The van der Waals surface area contributed by atoms with E-state index in [1.807, 2.05) is 6.92 Å². The largest absolute Gasteiger partial charge is 0.487 e. The molecule has 1 aliphatic heterocycles. The molecule has 0 aromatic carbocycles. The second kappa shape index (κ2) is 7.77. The lowest BCUT2D eigenvalue weighted by Crippen LogP contribution is -2.48. The normalized spacial score (nSPS) is 13.5. The molecule has 0 radical (unpaired) electrons. The van der Waals surface area contributed by atoms with E-state index in [4.69, 9.17) is 9.47 Å². The second-order valence-electron chi connectivity index (χ2n) is 5.14. The topological polar surface area (TPSA) is 89.9 Å². The van der Waals surface area contributed by atoms with Crippen molar-refractivity contribution in [1.29, 1.82) is 0 Å². The van der Waals surface area contributed by atoms with E-state index in [0.717, 1.165) is 12.8 Å². The fourth-order valence-electron chi connectivity index (χ4n) is 2.28. The first-order chi connectivity index (χ1) is 11.1. The van der Waals surface area contributed by atoms with Gasteiger partial charge in [0.05, 0.1) is 13.2 Å². The SMILES string of the molecule is CCCCOc1c2n(c(C=O)cc1=O)NCN(CCOC)C2=O. The molecule has 8 nitrogen and oxygen atoms in total. The van der Waals surface area contributed by atoms with Crippen LogP contribution in [0.1, 0.15) is 40.7 Å². The van der Waals surface area contributed by atoms with Gasteiger partial charge in [0.25, 0.3) is 5.91 Å². The first kappa shape index (κ1) is 17.0. The molecule has 23 heavy (non-hydrogen) atoms. The molecule has 2 heterocycles. The van der Waals surface area contributed by atoms with Gasteiger partial charge in [0.15, 0.2) is 17.7 Å². The Bertz CT molecular complexity index is 641. The molecular weight excluding hydrogens is 302 g/mol. The minimum Gasteiger partial charge on any atom is -0.487 e. The van der Waals surface area contributed by atoms with E-state index in [2.05, 4.69) is 5.43 Å². The number of rotatable bonds is 8. The third-order valence-corrected chi connectivity index (χ3v) is 3.54. The van der Waals surface area contributed by atoms with Crippen molar-refractivity contribution in [3.05, 3.63) is 27.7 Å². The molecule has 0 fully saturated rings. The van der Waals surface area contributed by atoms with Crippen LogP contribution in [-0.4, -0.2) is 55.3 Å². The Labute approximate surface area is 133 Å². The molecule has 1 aromatic rings. The van der Waals surface area contributed by atoms with Crippen molar-refractivity contribution in [3.63, 3.8) is 0 Å². The number of pyridine rings is 1. The van der Waals surface area contributed by atoms with Gasteiger partial charge in [0, 0.05) is 19.7 Å². The molecule has 8 heteroatoms. The lowest BCUT2D eigenvalue weighted by Gasteiger charge is -2.32. The van der Waals surface area contributed by atoms with Gasteiger partial charge in [0.1, 0.15) is 12.4 Å². The van der Waals surface area contributed by atoms with Crippen LogP contribution in [0.15, 0.2) is 10.9 Å². The van der Waals surface area contributed by atoms with Crippen molar-refractivity contribution in [2.24, 2.45) is 0 Å². The second-order valence-corrected chi connectivity index (χ2v) is 5.14. The summed E-state index contributed by atoms with van der Waals surface area (Å²) in [5.41, 5.74) is 2.62. The zero-order valence-electron chi connectivity index (χ0n) is 13.3. The van der Waals surface area contributed by atoms with E-state index >= 15 is 0 Å². The number of nitrogens with one attached hydrogen (secondary N) is 1. The number of nitrogens with zero attached hydrogens (tertiary/aromatic N) is 2. The average molecular weight is 323 g/mol. The molecule has 0 atom stereocenters. The van der Waals surface area contributed by atoms with Gasteiger partial charge in [-0.25, -0.2) is 4.68 Å². The maximum absolute atomic E-state index is 12.7. The molecule has 0 unspecified atom stereocenters. The van der Waals surface area contributed by atoms with Crippen molar-refractivity contribution >= 4 is 12.2 Å². The molecule has 126 valence electrons. The van der Waals surface area contributed by atoms with Gasteiger partial charge in [-0.05, 0) is 6.42 Å². The number of carbonyl (C=O) groups is 2. The van der Waals surface area contributed by atoms with Gasteiger partial charge in [-0.15, -0.1) is 0 Å². The summed E-state index contributed by atoms with van der Waals surface area (Å²) in [6, 6.07) is 1.17. The summed E-state index contributed by atoms with van der Waals surface area (Å²) in [6.45, 7) is 3.30. The average Bonchev–Trinajstić information content (AvgIpc) is 2.55. The number of aromatic nitrogens is 1. The van der Waals surface area contributed by atoms with Crippen LogP contribution in [0, 0.1) is 0 Å². The number of carbonyl (C=O) groups excluding carboxylic acids is 2. The molecule has 0 spiro atoms. The highest BCUT2D eigenvalue weighted by molar-refractivity contribution is 5.97. The van der Waals surface area contributed by atoms with Crippen LogP contribution in [-0.2, 0) is 4.74 Å². The van der Waals surface area contributed by atoms with Crippen LogP contribution in [0.2, 0.25) is 0 Å². The number of aldehydes is 1. The Morgan fingerprint density at radius 3 is 2.78 bits per heavy atom. The highest BCUT2D eigenvalue weighted by atomic mass is 16.5. The van der Waals surface area contributed by atoms with Crippen LogP contribution in [0.5, 0.6) is 5.75 Å². The molecule has 1 aliphatic rings. The number of methoxy groups -OCH3 is 1. The summed E-state index contributed by atoms with van der Waals surface area (Å²) in [7, 11) is 1.55.